The minimum atomic E-state index is -0.105. The van der Waals surface area contributed by atoms with Crippen molar-refractivity contribution in [1.29, 1.82) is 0 Å². The van der Waals surface area contributed by atoms with E-state index in [0.717, 1.165) is 55.1 Å². The average Bonchev–Trinajstić information content (AvgIpc) is 3.13. The fourth-order valence-corrected chi connectivity index (χ4v) is 3.33. The first kappa shape index (κ1) is 14.9. The maximum absolute atomic E-state index is 6.34. The highest BCUT2D eigenvalue weighted by molar-refractivity contribution is 6.20. The number of fused-ring (bicyclic) bond motifs is 1. The second kappa shape index (κ2) is 5.97. The number of halogens is 1. The van der Waals surface area contributed by atoms with Gasteiger partial charge >= 0.3 is 0 Å². The highest BCUT2D eigenvalue weighted by atomic mass is 35.5. The second-order valence-electron chi connectivity index (χ2n) is 5.76. The first-order valence-electron chi connectivity index (χ1n) is 7.79. The van der Waals surface area contributed by atoms with Gasteiger partial charge in [-0.2, -0.15) is 5.10 Å². The van der Waals surface area contributed by atoms with Gasteiger partial charge in [-0.3, -0.25) is 4.68 Å². The lowest BCUT2D eigenvalue weighted by atomic mass is 10.2. The van der Waals surface area contributed by atoms with Crippen LogP contribution in [0.2, 0.25) is 0 Å². The lowest BCUT2D eigenvalue weighted by Crippen LogP contribution is -2.14. The third-order valence-electron chi connectivity index (χ3n) is 4.21. The number of hydrogen-bond acceptors (Lipinski definition) is 3. The molecule has 5 nitrogen and oxygen atoms in total. The van der Waals surface area contributed by atoms with Gasteiger partial charge in [0.15, 0.2) is 5.65 Å². The van der Waals surface area contributed by atoms with Crippen LogP contribution in [0.3, 0.4) is 0 Å². The van der Waals surface area contributed by atoms with Crippen molar-refractivity contribution in [3.05, 3.63) is 11.5 Å². The van der Waals surface area contributed by atoms with E-state index >= 15 is 0 Å². The van der Waals surface area contributed by atoms with E-state index < -0.39 is 0 Å². The van der Waals surface area contributed by atoms with Crippen LogP contribution >= 0.6 is 11.6 Å². The third kappa shape index (κ3) is 2.69. The molecule has 0 spiro atoms. The van der Waals surface area contributed by atoms with Crippen molar-refractivity contribution in [2.75, 3.05) is 6.61 Å². The van der Waals surface area contributed by atoms with Crippen LogP contribution in [0.25, 0.3) is 11.2 Å². The smallest absolute Gasteiger partial charge is 0.158 e. The van der Waals surface area contributed by atoms with Gasteiger partial charge in [-0.25, -0.2) is 4.98 Å². The molecule has 1 aliphatic heterocycles. The molecule has 3 heterocycles. The lowest BCUT2D eigenvalue weighted by molar-refractivity contribution is 0.100. The van der Waals surface area contributed by atoms with Gasteiger partial charge in [-0.15, -0.1) is 11.6 Å². The summed E-state index contributed by atoms with van der Waals surface area (Å²) in [4.78, 5) is 4.76. The number of nitrogens with zero attached hydrogens (tertiary/aromatic N) is 4. The van der Waals surface area contributed by atoms with Gasteiger partial charge in [-0.1, -0.05) is 6.92 Å². The van der Waals surface area contributed by atoms with Crippen LogP contribution in [0.5, 0.6) is 0 Å². The summed E-state index contributed by atoms with van der Waals surface area (Å²) in [6.45, 7) is 5.87. The largest absolute Gasteiger partial charge is 0.378 e. The molecule has 6 heteroatoms. The Balaban J connectivity index is 1.96. The molecule has 2 atom stereocenters. The Bertz CT molecular complexity index is 625. The Labute approximate surface area is 130 Å². The number of alkyl halides is 1. The molecule has 0 saturated carbocycles. The van der Waals surface area contributed by atoms with Crippen molar-refractivity contribution in [1.82, 2.24) is 19.3 Å². The van der Waals surface area contributed by atoms with Crippen molar-refractivity contribution >= 4 is 22.8 Å². The summed E-state index contributed by atoms with van der Waals surface area (Å²) in [7, 11) is 1.98. The quantitative estimate of drug-likeness (QED) is 0.797. The third-order valence-corrected chi connectivity index (χ3v) is 4.41. The molecule has 1 saturated heterocycles. The molecule has 0 aliphatic carbocycles. The van der Waals surface area contributed by atoms with Crippen LogP contribution in [0.1, 0.15) is 50.0 Å². The molecule has 1 fully saturated rings. The Morgan fingerprint density at radius 2 is 2.29 bits per heavy atom. The average molecular weight is 311 g/mol. The predicted octanol–water partition coefficient (Wildman–Crippen LogP) is 3.20. The Kier molecular flexibility index (Phi) is 4.22. The summed E-state index contributed by atoms with van der Waals surface area (Å²) in [6, 6.07) is 0. The van der Waals surface area contributed by atoms with Gasteiger partial charge in [-0.05, 0) is 32.6 Å². The first-order valence-corrected chi connectivity index (χ1v) is 8.23. The number of ether oxygens (including phenoxy) is 1. The molecule has 2 unspecified atom stereocenters. The van der Waals surface area contributed by atoms with E-state index in [1.807, 2.05) is 18.7 Å². The highest BCUT2D eigenvalue weighted by Crippen LogP contribution is 2.27. The summed E-state index contributed by atoms with van der Waals surface area (Å²) < 4.78 is 9.88. The van der Waals surface area contributed by atoms with Gasteiger partial charge < -0.3 is 9.30 Å². The van der Waals surface area contributed by atoms with Crippen molar-refractivity contribution in [3.8, 4) is 0 Å². The van der Waals surface area contributed by atoms with Crippen LogP contribution < -0.4 is 0 Å². The van der Waals surface area contributed by atoms with Gasteiger partial charge in [0.05, 0.1) is 17.2 Å². The number of hydrogen-bond donors (Lipinski definition) is 0. The zero-order valence-corrected chi connectivity index (χ0v) is 13.7. The van der Waals surface area contributed by atoms with E-state index in [1.165, 1.54) is 6.42 Å². The molecular formula is C15H23ClN4O. The summed E-state index contributed by atoms with van der Waals surface area (Å²) in [5.74, 6) is 0.937. The van der Waals surface area contributed by atoms with E-state index in [0.29, 0.717) is 6.10 Å². The summed E-state index contributed by atoms with van der Waals surface area (Å²) >= 11 is 6.34. The summed E-state index contributed by atoms with van der Waals surface area (Å²) in [5.41, 5.74) is 3.11. The fraction of sp³-hybridized carbons (Fsp3) is 0.733. The van der Waals surface area contributed by atoms with Gasteiger partial charge in [0.2, 0.25) is 0 Å². The van der Waals surface area contributed by atoms with Crippen molar-refractivity contribution in [2.24, 2.45) is 7.05 Å². The van der Waals surface area contributed by atoms with Crippen molar-refractivity contribution in [2.45, 2.75) is 57.6 Å². The van der Waals surface area contributed by atoms with Crippen molar-refractivity contribution in [3.63, 3.8) is 0 Å². The molecule has 116 valence electrons. The SMILES string of the molecule is CCc1nn(C)c2c1nc(C(C)Cl)n2CCC1CCCO1. The van der Waals surface area contributed by atoms with Crippen LogP contribution in [0.4, 0.5) is 0 Å². The second-order valence-corrected chi connectivity index (χ2v) is 6.41. The van der Waals surface area contributed by atoms with E-state index in [9.17, 15) is 0 Å². The summed E-state index contributed by atoms with van der Waals surface area (Å²) in [5, 5.41) is 4.46. The maximum Gasteiger partial charge on any atom is 0.158 e. The number of aryl methyl sites for hydroxylation is 3. The van der Waals surface area contributed by atoms with Crippen LogP contribution in [0, 0.1) is 0 Å². The minimum Gasteiger partial charge on any atom is -0.378 e. The molecule has 2 aromatic heterocycles. The molecule has 0 N–H and O–H groups in total. The molecule has 2 aromatic rings. The summed E-state index contributed by atoms with van der Waals surface area (Å²) in [6.07, 6.45) is 4.61. The zero-order chi connectivity index (χ0) is 15.0. The molecule has 1 aliphatic rings. The number of rotatable bonds is 5. The van der Waals surface area contributed by atoms with E-state index in [1.54, 1.807) is 0 Å². The van der Waals surface area contributed by atoms with E-state index in [2.05, 4.69) is 16.6 Å². The predicted molar refractivity (Wildman–Crippen MR) is 83.7 cm³/mol. The Hall–Kier alpha value is -1.07. The molecule has 21 heavy (non-hydrogen) atoms. The molecule has 0 bridgehead atoms. The molecule has 0 radical (unpaired) electrons. The topological polar surface area (TPSA) is 44.9 Å². The highest BCUT2D eigenvalue weighted by Gasteiger charge is 2.22. The Morgan fingerprint density at radius 1 is 1.48 bits per heavy atom. The van der Waals surface area contributed by atoms with E-state index in [-0.39, 0.29) is 5.38 Å². The van der Waals surface area contributed by atoms with Crippen LogP contribution in [-0.2, 0) is 24.8 Å². The minimum absolute atomic E-state index is 0.105. The monoisotopic (exact) mass is 310 g/mol. The van der Waals surface area contributed by atoms with Crippen LogP contribution in [-0.4, -0.2) is 32.0 Å². The normalized spacial score (nSPS) is 20.5. The molecule has 0 aromatic carbocycles. The fourth-order valence-electron chi connectivity index (χ4n) is 3.17. The van der Waals surface area contributed by atoms with Gasteiger partial charge in [0.25, 0.3) is 0 Å². The number of imidazole rings is 1. The lowest BCUT2D eigenvalue weighted by Gasteiger charge is -2.14. The molecule has 0 amide bonds. The first-order chi connectivity index (χ1) is 10.1. The van der Waals surface area contributed by atoms with E-state index in [4.69, 9.17) is 21.3 Å². The Morgan fingerprint density at radius 3 is 2.90 bits per heavy atom. The molecular weight excluding hydrogens is 288 g/mol. The standard InChI is InChI=1S/C15H23ClN4O/c1-4-12-13-15(19(3)18-12)20(14(17-13)10(2)16)8-7-11-6-5-9-21-11/h10-11H,4-9H2,1-3H3. The van der Waals surface area contributed by atoms with Gasteiger partial charge in [0, 0.05) is 20.2 Å². The molecule has 3 rings (SSSR count). The van der Waals surface area contributed by atoms with Crippen LogP contribution in [0.15, 0.2) is 0 Å². The number of aromatic nitrogens is 4. The van der Waals surface area contributed by atoms with Gasteiger partial charge in [0.1, 0.15) is 11.3 Å². The maximum atomic E-state index is 6.34. The van der Waals surface area contributed by atoms with Crippen molar-refractivity contribution < 1.29 is 4.74 Å². The zero-order valence-electron chi connectivity index (χ0n) is 13.0.